The Morgan fingerprint density at radius 3 is 2.86 bits per heavy atom. The molecule has 0 aliphatic carbocycles. The molecular formula is C20H18FN5O2. The first-order chi connectivity index (χ1) is 13.6. The third kappa shape index (κ3) is 3.62. The lowest BCUT2D eigenvalue weighted by atomic mass is 10.2. The molecule has 2 aromatic heterocycles. The lowest BCUT2D eigenvalue weighted by Gasteiger charge is -2.08. The number of hydrogen-bond donors (Lipinski definition) is 1. The number of nitrogens with one attached hydrogen (secondary N) is 1. The molecule has 8 heteroatoms. The number of nitrogens with zero attached hydrogens (tertiary/aromatic N) is 4. The highest BCUT2D eigenvalue weighted by atomic mass is 19.1. The van der Waals surface area contributed by atoms with Crippen LogP contribution < -0.4 is 10.9 Å². The summed E-state index contributed by atoms with van der Waals surface area (Å²) in [5.74, 6) is -0.483. The number of carbonyl (C=O) groups is 1. The molecule has 4 rings (SSSR count). The highest BCUT2D eigenvalue weighted by Crippen LogP contribution is 2.16. The molecule has 4 aromatic rings. The standard InChI is InChI=1S/C20H18FN5O2/c21-15-6-5-14-7-10-25(18(14)13-15)12-9-22-19(27)8-11-26-20(28)16-3-1-2-4-17(16)23-24-26/h1-7,10,13H,8-9,11-12H2,(H,22,27). The molecule has 0 bridgehead atoms. The number of aryl methyl sites for hydroxylation is 1. The van der Waals surface area contributed by atoms with Gasteiger partial charge in [0.05, 0.1) is 17.4 Å². The van der Waals surface area contributed by atoms with Gasteiger partial charge in [0, 0.05) is 25.7 Å². The SMILES string of the molecule is O=C(CCn1nnc2ccccc2c1=O)NCCn1ccc2ccc(F)cc21. The van der Waals surface area contributed by atoms with Crippen LogP contribution >= 0.6 is 0 Å². The van der Waals surface area contributed by atoms with Crippen LogP contribution in [-0.2, 0) is 17.9 Å². The van der Waals surface area contributed by atoms with Crippen LogP contribution in [-0.4, -0.2) is 32.0 Å². The van der Waals surface area contributed by atoms with Crippen molar-refractivity contribution in [2.45, 2.75) is 19.5 Å². The number of aromatic nitrogens is 4. The smallest absolute Gasteiger partial charge is 0.277 e. The average molecular weight is 379 g/mol. The highest BCUT2D eigenvalue weighted by Gasteiger charge is 2.08. The lowest BCUT2D eigenvalue weighted by Crippen LogP contribution is -2.31. The summed E-state index contributed by atoms with van der Waals surface area (Å²) in [6.07, 6.45) is 1.98. The molecule has 1 amide bonds. The van der Waals surface area contributed by atoms with E-state index in [1.165, 1.54) is 16.8 Å². The molecule has 2 heterocycles. The van der Waals surface area contributed by atoms with Crippen LogP contribution in [0.15, 0.2) is 59.5 Å². The molecule has 0 saturated heterocycles. The van der Waals surface area contributed by atoms with Gasteiger partial charge < -0.3 is 9.88 Å². The van der Waals surface area contributed by atoms with E-state index in [4.69, 9.17) is 0 Å². The van der Waals surface area contributed by atoms with Crippen molar-refractivity contribution < 1.29 is 9.18 Å². The first-order valence-electron chi connectivity index (χ1n) is 8.95. The molecule has 1 N–H and O–H groups in total. The Morgan fingerprint density at radius 1 is 1.11 bits per heavy atom. The molecule has 142 valence electrons. The van der Waals surface area contributed by atoms with Crippen molar-refractivity contribution in [2.75, 3.05) is 6.54 Å². The van der Waals surface area contributed by atoms with E-state index >= 15 is 0 Å². The molecule has 0 fully saturated rings. The quantitative estimate of drug-likeness (QED) is 0.556. The molecule has 0 unspecified atom stereocenters. The summed E-state index contributed by atoms with van der Waals surface area (Å²) in [7, 11) is 0. The van der Waals surface area contributed by atoms with Gasteiger partial charge in [0.25, 0.3) is 5.56 Å². The van der Waals surface area contributed by atoms with Crippen molar-refractivity contribution in [1.29, 1.82) is 0 Å². The highest BCUT2D eigenvalue weighted by molar-refractivity contribution is 5.80. The predicted octanol–water partition coefficient (Wildman–Crippen LogP) is 2.09. The Labute approximate surface area is 159 Å². The minimum Gasteiger partial charge on any atom is -0.354 e. The van der Waals surface area contributed by atoms with E-state index in [1.54, 1.807) is 30.3 Å². The largest absolute Gasteiger partial charge is 0.354 e. The van der Waals surface area contributed by atoms with E-state index in [0.717, 1.165) is 10.9 Å². The van der Waals surface area contributed by atoms with Crippen LogP contribution in [0.2, 0.25) is 0 Å². The first kappa shape index (κ1) is 17.8. The van der Waals surface area contributed by atoms with Crippen molar-refractivity contribution in [3.63, 3.8) is 0 Å². The third-order valence-electron chi connectivity index (χ3n) is 4.59. The van der Waals surface area contributed by atoms with Crippen LogP contribution in [0.1, 0.15) is 6.42 Å². The van der Waals surface area contributed by atoms with Crippen LogP contribution in [0.4, 0.5) is 4.39 Å². The Morgan fingerprint density at radius 2 is 1.96 bits per heavy atom. The summed E-state index contributed by atoms with van der Waals surface area (Å²) < 4.78 is 16.5. The molecule has 0 aliphatic rings. The van der Waals surface area contributed by atoms with Crippen LogP contribution in [0.3, 0.4) is 0 Å². The van der Waals surface area contributed by atoms with Crippen molar-refractivity contribution in [3.05, 3.63) is 70.9 Å². The van der Waals surface area contributed by atoms with E-state index in [9.17, 15) is 14.0 Å². The first-order valence-corrected chi connectivity index (χ1v) is 8.95. The monoisotopic (exact) mass is 379 g/mol. The van der Waals surface area contributed by atoms with E-state index in [0.29, 0.717) is 24.0 Å². The van der Waals surface area contributed by atoms with Crippen LogP contribution in [0.5, 0.6) is 0 Å². The fourth-order valence-electron chi connectivity index (χ4n) is 3.13. The number of carbonyl (C=O) groups excluding carboxylic acids is 1. The Kier molecular flexibility index (Phi) is 4.84. The van der Waals surface area contributed by atoms with Crippen molar-refractivity contribution in [3.8, 4) is 0 Å². The minimum atomic E-state index is -0.293. The number of rotatable bonds is 6. The number of amides is 1. The molecule has 0 atom stereocenters. The molecule has 0 spiro atoms. The second-order valence-electron chi connectivity index (χ2n) is 6.45. The Balaban J connectivity index is 1.33. The molecular weight excluding hydrogens is 361 g/mol. The maximum atomic E-state index is 13.4. The van der Waals surface area contributed by atoms with Gasteiger partial charge in [0.1, 0.15) is 11.3 Å². The maximum absolute atomic E-state index is 13.4. The van der Waals surface area contributed by atoms with Crippen molar-refractivity contribution >= 4 is 27.7 Å². The molecule has 0 saturated carbocycles. The van der Waals surface area contributed by atoms with Gasteiger partial charge >= 0.3 is 0 Å². The van der Waals surface area contributed by atoms with Gasteiger partial charge in [-0.05, 0) is 41.8 Å². The van der Waals surface area contributed by atoms with Crippen LogP contribution in [0.25, 0.3) is 21.8 Å². The fourth-order valence-corrected chi connectivity index (χ4v) is 3.13. The maximum Gasteiger partial charge on any atom is 0.277 e. The minimum absolute atomic E-state index is 0.119. The predicted molar refractivity (Wildman–Crippen MR) is 103 cm³/mol. The van der Waals surface area contributed by atoms with E-state index in [2.05, 4.69) is 15.6 Å². The van der Waals surface area contributed by atoms with Gasteiger partial charge in [-0.25, -0.2) is 9.07 Å². The number of fused-ring (bicyclic) bond motifs is 2. The van der Waals surface area contributed by atoms with Crippen LogP contribution in [0, 0.1) is 5.82 Å². The third-order valence-corrected chi connectivity index (χ3v) is 4.59. The molecule has 2 aromatic carbocycles. The van der Waals surface area contributed by atoms with Gasteiger partial charge in [-0.1, -0.05) is 17.3 Å². The zero-order valence-electron chi connectivity index (χ0n) is 15.0. The second-order valence-corrected chi connectivity index (χ2v) is 6.45. The van der Waals surface area contributed by atoms with Gasteiger partial charge in [-0.2, -0.15) is 0 Å². The van der Waals surface area contributed by atoms with E-state index in [-0.39, 0.29) is 30.2 Å². The summed E-state index contributed by atoms with van der Waals surface area (Å²) in [5, 5.41) is 12.1. The topological polar surface area (TPSA) is 81.8 Å². The summed E-state index contributed by atoms with van der Waals surface area (Å²) in [5.41, 5.74) is 1.05. The summed E-state index contributed by atoms with van der Waals surface area (Å²) in [6.45, 7) is 1.08. The zero-order chi connectivity index (χ0) is 19.5. The number of hydrogen-bond acceptors (Lipinski definition) is 4. The van der Waals surface area contributed by atoms with E-state index in [1.807, 2.05) is 16.8 Å². The van der Waals surface area contributed by atoms with Gasteiger partial charge in [0.2, 0.25) is 5.91 Å². The summed E-state index contributed by atoms with van der Waals surface area (Å²) >= 11 is 0. The van der Waals surface area contributed by atoms with Gasteiger partial charge in [-0.15, -0.1) is 5.10 Å². The van der Waals surface area contributed by atoms with Gasteiger partial charge in [-0.3, -0.25) is 9.59 Å². The zero-order valence-corrected chi connectivity index (χ0v) is 15.0. The molecule has 7 nitrogen and oxygen atoms in total. The average Bonchev–Trinajstić information content (AvgIpc) is 3.10. The lowest BCUT2D eigenvalue weighted by molar-refractivity contribution is -0.121. The molecule has 0 aliphatic heterocycles. The van der Waals surface area contributed by atoms with Gasteiger partial charge in [0.15, 0.2) is 0 Å². The molecule has 0 radical (unpaired) electrons. The number of benzene rings is 2. The van der Waals surface area contributed by atoms with Crippen molar-refractivity contribution in [1.82, 2.24) is 24.9 Å². The summed E-state index contributed by atoms with van der Waals surface area (Å²) in [6, 6.07) is 13.5. The summed E-state index contributed by atoms with van der Waals surface area (Å²) in [4.78, 5) is 24.5. The second kappa shape index (κ2) is 7.59. The van der Waals surface area contributed by atoms with Crippen molar-refractivity contribution in [2.24, 2.45) is 0 Å². The fraction of sp³-hybridized carbons (Fsp3) is 0.200. The normalized spacial score (nSPS) is 11.2. The Bertz CT molecular complexity index is 1210. The van der Waals surface area contributed by atoms with E-state index < -0.39 is 0 Å². The Hall–Kier alpha value is -3.55. The molecule has 28 heavy (non-hydrogen) atoms. The number of halogens is 1.